The molecule has 0 saturated carbocycles. The SMILES string of the molecule is CC(C)(O)C#Cc1ccc(C#Cc2ccccc2)cc1. The minimum atomic E-state index is -0.966. The van der Waals surface area contributed by atoms with Gasteiger partial charge in [-0.05, 0) is 50.2 Å². The molecule has 0 amide bonds. The quantitative estimate of drug-likeness (QED) is 0.721. The number of rotatable bonds is 0. The summed E-state index contributed by atoms with van der Waals surface area (Å²) in [5.74, 6) is 11.9. The van der Waals surface area contributed by atoms with Gasteiger partial charge in [-0.1, -0.05) is 41.9 Å². The molecule has 1 N–H and O–H groups in total. The lowest BCUT2D eigenvalue weighted by Crippen LogP contribution is -2.14. The molecule has 2 rings (SSSR count). The first kappa shape index (κ1) is 13.9. The van der Waals surface area contributed by atoms with Crippen LogP contribution in [0.15, 0.2) is 54.6 Å². The monoisotopic (exact) mass is 260 g/mol. The lowest BCUT2D eigenvalue weighted by atomic mass is 10.1. The van der Waals surface area contributed by atoms with Gasteiger partial charge < -0.3 is 5.11 Å². The van der Waals surface area contributed by atoms with Crippen molar-refractivity contribution >= 4 is 0 Å². The van der Waals surface area contributed by atoms with E-state index in [-0.39, 0.29) is 0 Å². The van der Waals surface area contributed by atoms with Gasteiger partial charge in [0, 0.05) is 16.7 Å². The third kappa shape index (κ3) is 4.65. The van der Waals surface area contributed by atoms with E-state index >= 15 is 0 Å². The predicted octanol–water partition coefficient (Wildman–Crippen LogP) is 3.21. The summed E-state index contributed by atoms with van der Waals surface area (Å²) in [7, 11) is 0. The fourth-order valence-electron chi connectivity index (χ4n) is 1.53. The summed E-state index contributed by atoms with van der Waals surface area (Å²) < 4.78 is 0. The van der Waals surface area contributed by atoms with E-state index in [9.17, 15) is 5.11 Å². The zero-order chi connectivity index (χ0) is 14.4. The number of hydrogen-bond donors (Lipinski definition) is 1. The molecule has 0 unspecified atom stereocenters. The van der Waals surface area contributed by atoms with Crippen molar-refractivity contribution in [3.8, 4) is 23.7 Å². The van der Waals surface area contributed by atoms with E-state index in [1.54, 1.807) is 13.8 Å². The van der Waals surface area contributed by atoms with Crippen molar-refractivity contribution in [1.29, 1.82) is 0 Å². The molecule has 0 aliphatic rings. The normalized spacial score (nSPS) is 9.95. The lowest BCUT2D eigenvalue weighted by Gasteiger charge is -2.05. The van der Waals surface area contributed by atoms with E-state index in [1.807, 2.05) is 54.6 Å². The molecule has 1 heteroatoms. The Labute approximate surface area is 120 Å². The predicted molar refractivity (Wildman–Crippen MR) is 82.0 cm³/mol. The molecular weight excluding hydrogens is 244 g/mol. The van der Waals surface area contributed by atoms with E-state index in [2.05, 4.69) is 23.7 Å². The highest BCUT2D eigenvalue weighted by atomic mass is 16.3. The standard InChI is InChI=1S/C19H16O/c1-19(2,20)15-14-18-12-10-17(11-13-18)9-8-16-6-4-3-5-7-16/h3-7,10-13,20H,1-2H3. The van der Waals surface area contributed by atoms with Gasteiger partial charge >= 0.3 is 0 Å². The first-order chi connectivity index (χ1) is 9.53. The van der Waals surface area contributed by atoms with Crippen LogP contribution < -0.4 is 0 Å². The average Bonchev–Trinajstić information content (AvgIpc) is 2.44. The molecule has 0 spiro atoms. The van der Waals surface area contributed by atoms with Crippen LogP contribution in [0.5, 0.6) is 0 Å². The van der Waals surface area contributed by atoms with Crippen molar-refractivity contribution in [3.63, 3.8) is 0 Å². The molecule has 20 heavy (non-hydrogen) atoms. The molecular formula is C19H16O. The molecule has 2 aromatic carbocycles. The molecule has 2 aromatic rings. The van der Waals surface area contributed by atoms with E-state index in [0.717, 1.165) is 16.7 Å². The summed E-state index contributed by atoms with van der Waals surface area (Å²) in [6, 6.07) is 17.6. The van der Waals surface area contributed by atoms with Crippen molar-refractivity contribution in [2.24, 2.45) is 0 Å². The van der Waals surface area contributed by atoms with Crippen molar-refractivity contribution in [3.05, 3.63) is 71.3 Å². The first-order valence-corrected chi connectivity index (χ1v) is 6.46. The maximum absolute atomic E-state index is 9.55. The summed E-state index contributed by atoms with van der Waals surface area (Å²) in [5, 5.41) is 9.55. The Hall–Kier alpha value is -2.48. The highest BCUT2D eigenvalue weighted by Gasteiger charge is 2.05. The number of hydrogen-bond acceptors (Lipinski definition) is 1. The van der Waals surface area contributed by atoms with Crippen LogP contribution in [0.2, 0.25) is 0 Å². The lowest BCUT2D eigenvalue weighted by molar-refractivity contribution is 0.143. The summed E-state index contributed by atoms with van der Waals surface area (Å²) in [6.07, 6.45) is 0. The maximum Gasteiger partial charge on any atom is 0.120 e. The number of benzene rings is 2. The maximum atomic E-state index is 9.55. The van der Waals surface area contributed by atoms with Gasteiger partial charge in [0.2, 0.25) is 0 Å². The van der Waals surface area contributed by atoms with Crippen LogP contribution in [-0.2, 0) is 0 Å². The number of aliphatic hydroxyl groups is 1. The van der Waals surface area contributed by atoms with Crippen LogP contribution in [0.4, 0.5) is 0 Å². The third-order valence-corrected chi connectivity index (χ3v) is 2.52. The Morgan fingerprint density at radius 3 is 1.65 bits per heavy atom. The fraction of sp³-hybridized carbons (Fsp3) is 0.158. The zero-order valence-corrected chi connectivity index (χ0v) is 11.6. The third-order valence-electron chi connectivity index (χ3n) is 2.52. The Kier molecular flexibility index (Phi) is 4.26. The molecule has 0 bridgehead atoms. The van der Waals surface area contributed by atoms with Crippen LogP contribution in [-0.4, -0.2) is 10.7 Å². The second kappa shape index (κ2) is 6.11. The molecule has 0 aliphatic carbocycles. The Balaban J connectivity index is 2.13. The first-order valence-electron chi connectivity index (χ1n) is 6.46. The van der Waals surface area contributed by atoms with Crippen molar-refractivity contribution in [2.75, 3.05) is 0 Å². The van der Waals surface area contributed by atoms with Gasteiger partial charge in [0.25, 0.3) is 0 Å². The van der Waals surface area contributed by atoms with E-state index in [0.29, 0.717) is 0 Å². The van der Waals surface area contributed by atoms with Crippen molar-refractivity contribution < 1.29 is 5.11 Å². The Morgan fingerprint density at radius 2 is 1.15 bits per heavy atom. The topological polar surface area (TPSA) is 20.2 Å². The summed E-state index contributed by atoms with van der Waals surface area (Å²) in [5.41, 5.74) is 1.85. The van der Waals surface area contributed by atoms with Gasteiger partial charge in [0.05, 0.1) is 0 Å². The largest absolute Gasteiger partial charge is 0.378 e. The van der Waals surface area contributed by atoms with Crippen molar-refractivity contribution in [1.82, 2.24) is 0 Å². The van der Waals surface area contributed by atoms with Gasteiger partial charge in [-0.3, -0.25) is 0 Å². The molecule has 0 aromatic heterocycles. The van der Waals surface area contributed by atoms with E-state index in [4.69, 9.17) is 0 Å². The Morgan fingerprint density at radius 1 is 0.700 bits per heavy atom. The van der Waals surface area contributed by atoms with Crippen LogP contribution in [0.25, 0.3) is 0 Å². The van der Waals surface area contributed by atoms with E-state index in [1.165, 1.54) is 0 Å². The minimum absolute atomic E-state index is 0.873. The minimum Gasteiger partial charge on any atom is -0.378 e. The second-order valence-corrected chi connectivity index (χ2v) is 5.00. The fourth-order valence-corrected chi connectivity index (χ4v) is 1.53. The summed E-state index contributed by atoms with van der Waals surface area (Å²) in [6.45, 7) is 3.33. The molecule has 1 nitrogen and oxygen atoms in total. The smallest absolute Gasteiger partial charge is 0.120 e. The molecule has 0 aliphatic heterocycles. The van der Waals surface area contributed by atoms with Crippen LogP contribution in [0.1, 0.15) is 30.5 Å². The van der Waals surface area contributed by atoms with Gasteiger partial charge in [-0.25, -0.2) is 0 Å². The highest BCUT2D eigenvalue weighted by molar-refractivity contribution is 5.45. The summed E-state index contributed by atoms with van der Waals surface area (Å²) >= 11 is 0. The molecule has 98 valence electrons. The molecule has 0 atom stereocenters. The van der Waals surface area contributed by atoms with Crippen molar-refractivity contribution in [2.45, 2.75) is 19.4 Å². The Bertz CT molecular complexity index is 681. The molecule has 0 radical (unpaired) electrons. The molecule has 0 fully saturated rings. The van der Waals surface area contributed by atoms with Crippen LogP contribution in [0, 0.1) is 23.7 Å². The van der Waals surface area contributed by atoms with Gasteiger partial charge in [-0.2, -0.15) is 0 Å². The highest BCUT2D eigenvalue weighted by Crippen LogP contribution is 2.04. The van der Waals surface area contributed by atoms with Gasteiger partial charge in [0.15, 0.2) is 0 Å². The molecule has 0 saturated heterocycles. The van der Waals surface area contributed by atoms with Gasteiger partial charge in [0.1, 0.15) is 5.60 Å². The zero-order valence-electron chi connectivity index (χ0n) is 11.6. The van der Waals surface area contributed by atoms with E-state index < -0.39 is 5.60 Å². The average molecular weight is 260 g/mol. The van der Waals surface area contributed by atoms with Crippen LogP contribution in [0.3, 0.4) is 0 Å². The summed E-state index contributed by atoms with van der Waals surface area (Å²) in [4.78, 5) is 0. The van der Waals surface area contributed by atoms with Gasteiger partial charge in [-0.15, -0.1) is 0 Å². The van der Waals surface area contributed by atoms with Crippen LogP contribution >= 0.6 is 0 Å². The second-order valence-electron chi connectivity index (χ2n) is 5.00. The molecule has 0 heterocycles.